The van der Waals surface area contributed by atoms with Crippen LogP contribution in [-0.2, 0) is 0 Å². The Morgan fingerprint density at radius 2 is 1.46 bits per heavy atom. The van der Waals surface area contributed by atoms with Crippen molar-refractivity contribution in [2.45, 2.75) is 65.1 Å². The van der Waals surface area contributed by atoms with Gasteiger partial charge in [0.25, 0.3) is 0 Å². The SMILES string of the molecule is CC(C)C1CC2CC(C1)N2C(C)C. The summed E-state index contributed by atoms with van der Waals surface area (Å²) < 4.78 is 0. The molecular formula is C12H23N. The number of fused-ring (bicyclic) bond motifs is 2. The summed E-state index contributed by atoms with van der Waals surface area (Å²) in [5.41, 5.74) is 0. The molecule has 1 saturated carbocycles. The van der Waals surface area contributed by atoms with Crippen molar-refractivity contribution in [3.8, 4) is 0 Å². The van der Waals surface area contributed by atoms with E-state index in [1.807, 2.05) is 0 Å². The summed E-state index contributed by atoms with van der Waals surface area (Å²) in [5, 5.41) is 0. The van der Waals surface area contributed by atoms with E-state index in [1.165, 1.54) is 19.3 Å². The van der Waals surface area contributed by atoms with Gasteiger partial charge in [0.15, 0.2) is 0 Å². The van der Waals surface area contributed by atoms with Gasteiger partial charge in [0.05, 0.1) is 0 Å². The molecule has 2 aliphatic heterocycles. The second-order valence-electron chi connectivity index (χ2n) is 5.56. The first-order valence-corrected chi connectivity index (χ1v) is 5.87. The van der Waals surface area contributed by atoms with Gasteiger partial charge in [0.1, 0.15) is 0 Å². The quantitative estimate of drug-likeness (QED) is 0.633. The number of hydrogen-bond acceptors (Lipinski definition) is 1. The Kier molecular flexibility index (Phi) is 2.39. The van der Waals surface area contributed by atoms with E-state index in [1.54, 1.807) is 0 Å². The van der Waals surface area contributed by atoms with Crippen LogP contribution in [0.2, 0.25) is 0 Å². The minimum absolute atomic E-state index is 0.775. The molecule has 1 heteroatoms. The summed E-state index contributed by atoms with van der Waals surface area (Å²) in [7, 11) is 0. The molecule has 0 spiro atoms. The first-order chi connectivity index (χ1) is 6.09. The van der Waals surface area contributed by atoms with Gasteiger partial charge in [-0.2, -0.15) is 0 Å². The highest BCUT2D eigenvalue weighted by Crippen LogP contribution is 2.44. The molecule has 3 aliphatic rings. The fraction of sp³-hybridized carbons (Fsp3) is 1.00. The summed E-state index contributed by atoms with van der Waals surface area (Å²) in [6, 6.07) is 2.65. The van der Waals surface area contributed by atoms with Crippen LogP contribution >= 0.6 is 0 Å². The zero-order chi connectivity index (χ0) is 9.59. The predicted molar refractivity (Wildman–Crippen MR) is 56.7 cm³/mol. The Hall–Kier alpha value is -0.0400. The Labute approximate surface area is 82.5 Å². The van der Waals surface area contributed by atoms with Gasteiger partial charge >= 0.3 is 0 Å². The molecular weight excluding hydrogens is 158 g/mol. The molecule has 2 heterocycles. The molecule has 2 bridgehead atoms. The van der Waals surface area contributed by atoms with E-state index in [0.717, 1.165) is 30.0 Å². The first-order valence-electron chi connectivity index (χ1n) is 5.87. The van der Waals surface area contributed by atoms with Crippen LogP contribution in [0, 0.1) is 11.8 Å². The molecule has 13 heavy (non-hydrogen) atoms. The average Bonchev–Trinajstić information content (AvgIpc) is 2.03. The number of rotatable bonds is 2. The van der Waals surface area contributed by atoms with Crippen molar-refractivity contribution in [3.05, 3.63) is 0 Å². The van der Waals surface area contributed by atoms with E-state index in [2.05, 4.69) is 32.6 Å². The molecule has 0 radical (unpaired) electrons. The van der Waals surface area contributed by atoms with Crippen LogP contribution in [0.3, 0.4) is 0 Å². The maximum absolute atomic E-state index is 2.74. The summed E-state index contributed by atoms with van der Waals surface area (Å²) in [6.45, 7) is 9.45. The molecule has 0 aromatic rings. The predicted octanol–water partition coefficient (Wildman–Crippen LogP) is 2.90. The van der Waals surface area contributed by atoms with Crippen molar-refractivity contribution in [2.75, 3.05) is 0 Å². The zero-order valence-corrected chi connectivity index (χ0v) is 9.46. The lowest BCUT2D eigenvalue weighted by Crippen LogP contribution is -2.63. The molecule has 76 valence electrons. The van der Waals surface area contributed by atoms with Gasteiger partial charge in [0.2, 0.25) is 0 Å². The van der Waals surface area contributed by atoms with Crippen LogP contribution < -0.4 is 0 Å². The molecule has 3 rings (SSSR count). The lowest BCUT2D eigenvalue weighted by Gasteiger charge is -2.58. The highest BCUT2D eigenvalue weighted by atomic mass is 15.3. The van der Waals surface area contributed by atoms with Crippen LogP contribution in [0.5, 0.6) is 0 Å². The molecule has 1 aliphatic carbocycles. The van der Waals surface area contributed by atoms with E-state index in [0.29, 0.717) is 0 Å². The molecule has 0 amide bonds. The van der Waals surface area contributed by atoms with E-state index in [-0.39, 0.29) is 0 Å². The minimum atomic E-state index is 0.775. The minimum Gasteiger partial charge on any atom is -0.295 e. The second-order valence-corrected chi connectivity index (χ2v) is 5.56. The van der Waals surface area contributed by atoms with E-state index < -0.39 is 0 Å². The van der Waals surface area contributed by atoms with Crippen molar-refractivity contribution in [2.24, 2.45) is 11.8 Å². The maximum Gasteiger partial charge on any atom is 0.0118 e. The molecule has 0 aromatic carbocycles. The van der Waals surface area contributed by atoms with Crippen LogP contribution in [0.15, 0.2) is 0 Å². The third-order valence-electron chi connectivity index (χ3n) is 4.08. The number of piperidine rings is 1. The molecule has 2 saturated heterocycles. The number of nitrogens with zero attached hydrogens (tertiary/aromatic N) is 1. The van der Waals surface area contributed by atoms with Gasteiger partial charge in [-0.1, -0.05) is 13.8 Å². The molecule has 1 nitrogen and oxygen atoms in total. The fourth-order valence-electron chi connectivity index (χ4n) is 3.34. The second kappa shape index (κ2) is 3.27. The maximum atomic E-state index is 2.74. The Balaban J connectivity index is 1.94. The lowest BCUT2D eigenvalue weighted by atomic mass is 9.69. The lowest BCUT2D eigenvalue weighted by molar-refractivity contribution is -0.0811. The normalized spacial score (nSPS) is 39.7. The highest BCUT2D eigenvalue weighted by molar-refractivity contribution is 5.01. The van der Waals surface area contributed by atoms with Gasteiger partial charge < -0.3 is 0 Å². The summed E-state index contributed by atoms with van der Waals surface area (Å²) in [4.78, 5) is 2.74. The smallest absolute Gasteiger partial charge is 0.0118 e. The molecule has 2 atom stereocenters. The van der Waals surface area contributed by atoms with Crippen LogP contribution in [-0.4, -0.2) is 23.0 Å². The van der Waals surface area contributed by atoms with E-state index in [4.69, 9.17) is 0 Å². The third-order valence-corrected chi connectivity index (χ3v) is 4.08. The molecule has 2 unspecified atom stereocenters. The van der Waals surface area contributed by atoms with E-state index >= 15 is 0 Å². The Morgan fingerprint density at radius 3 is 1.85 bits per heavy atom. The largest absolute Gasteiger partial charge is 0.295 e. The van der Waals surface area contributed by atoms with Crippen molar-refractivity contribution in [1.82, 2.24) is 4.90 Å². The van der Waals surface area contributed by atoms with Gasteiger partial charge in [-0.05, 0) is 44.9 Å². The van der Waals surface area contributed by atoms with Crippen molar-refractivity contribution in [3.63, 3.8) is 0 Å². The zero-order valence-electron chi connectivity index (χ0n) is 9.46. The Morgan fingerprint density at radius 1 is 0.923 bits per heavy atom. The Bertz CT molecular complexity index is 174. The summed E-state index contributed by atoms with van der Waals surface area (Å²) >= 11 is 0. The molecule has 0 aromatic heterocycles. The topological polar surface area (TPSA) is 3.24 Å². The summed E-state index contributed by atoms with van der Waals surface area (Å²) in [6.07, 6.45) is 4.42. The monoisotopic (exact) mass is 181 g/mol. The van der Waals surface area contributed by atoms with Gasteiger partial charge in [-0.25, -0.2) is 0 Å². The standard InChI is InChI=1S/C12H23N/c1-8(2)10-5-11-7-12(6-10)13(11)9(3)4/h8-12H,5-7H2,1-4H3. The molecule has 0 N–H and O–H groups in total. The van der Waals surface area contributed by atoms with Crippen LogP contribution in [0.25, 0.3) is 0 Å². The van der Waals surface area contributed by atoms with Gasteiger partial charge in [0, 0.05) is 18.1 Å². The van der Waals surface area contributed by atoms with Gasteiger partial charge in [-0.15, -0.1) is 0 Å². The van der Waals surface area contributed by atoms with Crippen LogP contribution in [0.1, 0.15) is 47.0 Å². The summed E-state index contributed by atoms with van der Waals surface area (Å²) in [5.74, 6) is 1.92. The fourth-order valence-corrected chi connectivity index (χ4v) is 3.34. The van der Waals surface area contributed by atoms with Crippen molar-refractivity contribution in [1.29, 1.82) is 0 Å². The first kappa shape index (κ1) is 9.51. The van der Waals surface area contributed by atoms with Gasteiger partial charge in [-0.3, -0.25) is 4.90 Å². The van der Waals surface area contributed by atoms with Crippen molar-refractivity contribution >= 4 is 0 Å². The van der Waals surface area contributed by atoms with Crippen LogP contribution in [0.4, 0.5) is 0 Å². The third kappa shape index (κ3) is 1.52. The highest BCUT2D eigenvalue weighted by Gasteiger charge is 2.46. The number of hydrogen-bond donors (Lipinski definition) is 0. The molecule has 3 fully saturated rings. The van der Waals surface area contributed by atoms with Crippen molar-refractivity contribution < 1.29 is 0 Å². The van der Waals surface area contributed by atoms with E-state index in [9.17, 15) is 0 Å². The average molecular weight is 181 g/mol.